The lowest BCUT2D eigenvalue weighted by atomic mass is 10.2. The number of nitrogens with zero attached hydrogens (tertiary/aromatic N) is 3. The van der Waals surface area contributed by atoms with Gasteiger partial charge in [0, 0.05) is 25.6 Å². The molecule has 0 radical (unpaired) electrons. The van der Waals surface area contributed by atoms with Crippen LogP contribution in [0.2, 0.25) is 0 Å². The van der Waals surface area contributed by atoms with Crippen LogP contribution in [-0.2, 0) is 4.74 Å². The Labute approximate surface area is 125 Å². The lowest BCUT2D eigenvalue weighted by Crippen LogP contribution is -2.40. The molecule has 0 bridgehead atoms. The van der Waals surface area contributed by atoms with Crippen LogP contribution in [0.25, 0.3) is 0 Å². The highest BCUT2D eigenvalue weighted by Crippen LogP contribution is 2.18. The van der Waals surface area contributed by atoms with Crippen LogP contribution in [0.4, 0.5) is 5.69 Å². The molecule has 1 aromatic rings. The topological polar surface area (TPSA) is 93.4 Å². The molecule has 0 fully saturated rings. The van der Waals surface area contributed by atoms with Gasteiger partial charge in [0.05, 0.1) is 18.5 Å². The number of hydrogen-bond donors (Lipinski definition) is 2. The van der Waals surface area contributed by atoms with E-state index in [4.69, 9.17) is 10.6 Å². The SMILES string of the molecule is COCCN(C(=O)c1nc(C(C)C)ncc1NN)C(C)C. The van der Waals surface area contributed by atoms with Crippen LogP contribution in [0.15, 0.2) is 6.20 Å². The molecule has 0 aliphatic heterocycles. The van der Waals surface area contributed by atoms with Gasteiger partial charge in [0.2, 0.25) is 0 Å². The molecule has 0 saturated heterocycles. The Morgan fingerprint density at radius 3 is 2.57 bits per heavy atom. The van der Waals surface area contributed by atoms with Gasteiger partial charge in [-0.15, -0.1) is 0 Å². The third-order valence-corrected chi connectivity index (χ3v) is 3.10. The van der Waals surface area contributed by atoms with Crippen molar-refractivity contribution >= 4 is 11.6 Å². The molecule has 0 spiro atoms. The molecule has 0 aliphatic carbocycles. The van der Waals surface area contributed by atoms with Crippen molar-refractivity contribution in [3.63, 3.8) is 0 Å². The Bertz CT molecular complexity index is 476. The molecular weight excluding hydrogens is 270 g/mol. The summed E-state index contributed by atoms with van der Waals surface area (Å²) >= 11 is 0. The fraction of sp³-hybridized carbons (Fsp3) is 0.643. The molecule has 0 saturated carbocycles. The minimum absolute atomic E-state index is 0.0377. The fourth-order valence-corrected chi connectivity index (χ4v) is 1.86. The van der Waals surface area contributed by atoms with Crippen molar-refractivity contribution in [1.29, 1.82) is 0 Å². The first-order chi connectivity index (χ1) is 9.92. The lowest BCUT2D eigenvalue weighted by molar-refractivity contribution is 0.0629. The van der Waals surface area contributed by atoms with Crippen molar-refractivity contribution in [1.82, 2.24) is 14.9 Å². The number of methoxy groups -OCH3 is 1. The van der Waals surface area contributed by atoms with Crippen molar-refractivity contribution in [3.8, 4) is 0 Å². The van der Waals surface area contributed by atoms with Crippen molar-refractivity contribution < 1.29 is 9.53 Å². The number of anilines is 1. The maximum atomic E-state index is 12.7. The van der Waals surface area contributed by atoms with Gasteiger partial charge in [-0.25, -0.2) is 9.97 Å². The molecule has 118 valence electrons. The van der Waals surface area contributed by atoms with E-state index >= 15 is 0 Å². The smallest absolute Gasteiger partial charge is 0.275 e. The van der Waals surface area contributed by atoms with Crippen molar-refractivity contribution in [3.05, 3.63) is 17.7 Å². The molecular formula is C14H25N5O2. The second-order valence-corrected chi connectivity index (χ2v) is 5.37. The van der Waals surface area contributed by atoms with Gasteiger partial charge in [0.25, 0.3) is 5.91 Å². The highest BCUT2D eigenvalue weighted by molar-refractivity contribution is 5.97. The first-order valence-corrected chi connectivity index (χ1v) is 7.05. The van der Waals surface area contributed by atoms with Gasteiger partial charge in [-0.1, -0.05) is 13.8 Å². The molecule has 1 heterocycles. The van der Waals surface area contributed by atoms with Gasteiger partial charge in [-0.3, -0.25) is 10.6 Å². The summed E-state index contributed by atoms with van der Waals surface area (Å²) in [6.45, 7) is 8.82. The average Bonchev–Trinajstić information content (AvgIpc) is 2.46. The molecule has 0 aliphatic rings. The van der Waals surface area contributed by atoms with Gasteiger partial charge in [-0.2, -0.15) is 0 Å². The van der Waals surface area contributed by atoms with Gasteiger partial charge < -0.3 is 15.1 Å². The van der Waals surface area contributed by atoms with E-state index in [0.717, 1.165) is 0 Å². The summed E-state index contributed by atoms with van der Waals surface area (Å²) in [5.74, 6) is 6.04. The minimum atomic E-state index is -0.181. The van der Waals surface area contributed by atoms with E-state index in [1.54, 1.807) is 18.2 Å². The maximum absolute atomic E-state index is 12.7. The maximum Gasteiger partial charge on any atom is 0.275 e. The summed E-state index contributed by atoms with van der Waals surface area (Å²) in [5.41, 5.74) is 3.20. The molecule has 0 atom stereocenters. The van der Waals surface area contributed by atoms with Crippen LogP contribution in [0.1, 0.15) is 49.9 Å². The van der Waals surface area contributed by atoms with E-state index in [2.05, 4.69) is 15.4 Å². The number of hydrogen-bond acceptors (Lipinski definition) is 6. The molecule has 0 unspecified atom stereocenters. The van der Waals surface area contributed by atoms with Crippen LogP contribution in [-0.4, -0.2) is 47.1 Å². The number of hydrazine groups is 1. The van der Waals surface area contributed by atoms with Crippen LogP contribution in [0, 0.1) is 0 Å². The summed E-state index contributed by atoms with van der Waals surface area (Å²) in [7, 11) is 1.61. The molecule has 7 heteroatoms. The number of rotatable bonds is 7. The quantitative estimate of drug-likeness (QED) is 0.583. The zero-order valence-corrected chi connectivity index (χ0v) is 13.4. The molecule has 7 nitrogen and oxygen atoms in total. The Balaban J connectivity index is 3.15. The zero-order chi connectivity index (χ0) is 16.0. The van der Waals surface area contributed by atoms with Crippen molar-refractivity contribution in [2.24, 2.45) is 5.84 Å². The summed E-state index contributed by atoms with van der Waals surface area (Å²) in [6, 6.07) is 0.0377. The third kappa shape index (κ3) is 4.37. The standard InChI is InChI=1S/C14H25N5O2/c1-9(2)13-16-8-11(18-15)12(17-13)14(20)19(10(3)4)6-7-21-5/h8-10,18H,6-7,15H2,1-5H3. The largest absolute Gasteiger partial charge is 0.383 e. The number of aromatic nitrogens is 2. The highest BCUT2D eigenvalue weighted by Gasteiger charge is 2.23. The first kappa shape index (κ1) is 17.3. The van der Waals surface area contributed by atoms with E-state index < -0.39 is 0 Å². The van der Waals surface area contributed by atoms with Crippen molar-refractivity contribution in [2.75, 3.05) is 25.7 Å². The van der Waals surface area contributed by atoms with E-state index in [0.29, 0.717) is 30.4 Å². The average molecular weight is 295 g/mol. The summed E-state index contributed by atoms with van der Waals surface area (Å²) in [5, 5.41) is 0. The predicted molar refractivity (Wildman–Crippen MR) is 82.0 cm³/mol. The summed E-state index contributed by atoms with van der Waals surface area (Å²) < 4.78 is 5.06. The number of amides is 1. The van der Waals surface area contributed by atoms with E-state index in [1.807, 2.05) is 27.7 Å². The lowest BCUT2D eigenvalue weighted by Gasteiger charge is -2.27. The number of nitrogen functional groups attached to an aromatic ring is 1. The van der Waals surface area contributed by atoms with Gasteiger partial charge in [0.15, 0.2) is 5.69 Å². The summed E-state index contributed by atoms with van der Waals surface area (Å²) in [6.07, 6.45) is 1.55. The van der Waals surface area contributed by atoms with Crippen LogP contribution in [0.3, 0.4) is 0 Å². The normalized spacial score (nSPS) is 11.0. The van der Waals surface area contributed by atoms with E-state index in [1.165, 1.54) is 0 Å². The monoisotopic (exact) mass is 295 g/mol. The Morgan fingerprint density at radius 1 is 1.43 bits per heavy atom. The van der Waals surface area contributed by atoms with Crippen LogP contribution in [0.5, 0.6) is 0 Å². The predicted octanol–water partition coefficient (Wildman–Crippen LogP) is 1.38. The fourth-order valence-electron chi connectivity index (χ4n) is 1.86. The van der Waals surface area contributed by atoms with E-state index in [-0.39, 0.29) is 17.9 Å². The molecule has 1 rings (SSSR count). The second kappa shape index (κ2) is 7.90. The Hall–Kier alpha value is -1.73. The molecule has 0 aromatic carbocycles. The number of nitrogens with two attached hydrogens (primary N) is 1. The highest BCUT2D eigenvalue weighted by atomic mass is 16.5. The first-order valence-electron chi connectivity index (χ1n) is 7.05. The minimum Gasteiger partial charge on any atom is -0.383 e. The van der Waals surface area contributed by atoms with E-state index in [9.17, 15) is 4.79 Å². The van der Waals surface area contributed by atoms with Crippen LogP contribution >= 0.6 is 0 Å². The zero-order valence-electron chi connectivity index (χ0n) is 13.4. The molecule has 1 amide bonds. The number of ether oxygens (including phenoxy) is 1. The molecule has 3 N–H and O–H groups in total. The van der Waals surface area contributed by atoms with Gasteiger partial charge >= 0.3 is 0 Å². The number of nitrogens with one attached hydrogen (secondary N) is 1. The Morgan fingerprint density at radius 2 is 2.10 bits per heavy atom. The molecule has 21 heavy (non-hydrogen) atoms. The second-order valence-electron chi connectivity index (χ2n) is 5.37. The third-order valence-electron chi connectivity index (χ3n) is 3.10. The molecule has 1 aromatic heterocycles. The van der Waals surface area contributed by atoms with Crippen molar-refractivity contribution in [2.45, 2.75) is 39.7 Å². The van der Waals surface area contributed by atoms with Gasteiger partial charge in [0.1, 0.15) is 5.82 Å². The number of carbonyl (C=O) groups excluding carboxylic acids is 1. The Kier molecular flexibility index (Phi) is 6.51. The van der Waals surface area contributed by atoms with Gasteiger partial charge in [-0.05, 0) is 13.8 Å². The summed E-state index contributed by atoms with van der Waals surface area (Å²) in [4.78, 5) is 23.0. The number of carbonyl (C=O) groups is 1. The van der Waals surface area contributed by atoms with Crippen LogP contribution < -0.4 is 11.3 Å².